The van der Waals surface area contributed by atoms with Crippen molar-refractivity contribution in [2.75, 3.05) is 0 Å². The fraction of sp³-hybridized carbons (Fsp3) is 0.722. The first-order chi connectivity index (χ1) is 39.1. The zero-order chi connectivity index (χ0) is 59.6. The van der Waals surface area contributed by atoms with Gasteiger partial charge in [-0.05, 0) is 180 Å². The number of unbranched alkanes of at least 4 members (excludes halogenated alkanes) is 32. The molecule has 9 heteroatoms. The van der Waals surface area contributed by atoms with Crippen LogP contribution in [0.3, 0.4) is 0 Å². The van der Waals surface area contributed by atoms with E-state index in [9.17, 15) is 39.6 Å². The topological polar surface area (TPSA) is 161 Å². The van der Waals surface area contributed by atoms with Gasteiger partial charge < -0.3 is 39.6 Å². The summed E-state index contributed by atoms with van der Waals surface area (Å²) in [5.74, 6) is -3.68. The van der Waals surface area contributed by atoms with Crippen LogP contribution in [-0.4, -0.2) is 23.9 Å². The van der Waals surface area contributed by atoms with Gasteiger partial charge in [-0.1, -0.05) is 253 Å². The van der Waals surface area contributed by atoms with Crippen LogP contribution in [0.5, 0.6) is 0 Å². The van der Waals surface area contributed by atoms with Gasteiger partial charge in [-0.15, -0.1) is 0 Å². The molecular formula is C72H124O8Ru. The summed E-state index contributed by atoms with van der Waals surface area (Å²) in [5.41, 5.74) is 0. The number of rotatable bonds is 56. The van der Waals surface area contributed by atoms with Crippen molar-refractivity contribution in [1.29, 1.82) is 0 Å². The molecule has 0 atom stereocenters. The molecule has 0 N–H and O–H groups in total. The molecule has 0 spiro atoms. The molecule has 0 heterocycles. The molecule has 0 aromatic carbocycles. The molecule has 81 heavy (non-hydrogen) atoms. The molecule has 0 rings (SSSR count). The molecular weight excluding hydrogens is 1090 g/mol. The van der Waals surface area contributed by atoms with Crippen LogP contribution in [0.2, 0.25) is 0 Å². The summed E-state index contributed by atoms with van der Waals surface area (Å²) in [6.45, 7) is 8.93. The Morgan fingerprint density at radius 1 is 0.210 bits per heavy atom. The summed E-state index contributed by atoms with van der Waals surface area (Å²) in [4.78, 5) is 40.8. The molecule has 0 saturated carbocycles. The zero-order valence-electron chi connectivity index (χ0n) is 52.8. The summed E-state index contributed by atoms with van der Waals surface area (Å²) in [7, 11) is 0. The Morgan fingerprint density at radius 2 is 0.346 bits per heavy atom. The molecule has 0 aromatic heterocycles. The van der Waals surface area contributed by atoms with Crippen LogP contribution >= 0.6 is 0 Å². The van der Waals surface area contributed by atoms with E-state index in [0.717, 1.165) is 128 Å². The van der Waals surface area contributed by atoms with Gasteiger partial charge in [0.05, 0.1) is 0 Å². The number of carbonyl (C=O) groups is 4. The van der Waals surface area contributed by atoms with Crippen molar-refractivity contribution >= 4 is 23.9 Å². The second-order valence-corrected chi connectivity index (χ2v) is 21.4. The second-order valence-electron chi connectivity index (χ2n) is 21.4. The third-order valence-corrected chi connectivity index (χ3v) is 13.3. The molecule has 0 radical (unpaired) electrons. The molecule has 0 unspecified atom stereocenters. The summed E-state index contributed by atoms with van der Waals surface area (Å²) < 4.78 is 0. The average molecular weight is 1220 g/mol. The maximum atomic E-state index is 10.2. The van der Waals surface area contributed by atoms with Crippen LogP contribution < -0.4 is 20.4 Å². The predicted molar refractivity (Wildman–Crippen MR) is 337 cm³/mol. The Hall–Kier alpha value is -3.58. The van der Waals surface area contributed by atoms with Crippen molar-refractivity contribution in [3.63, 3.8) is 0 Å². The van der Waals surface area contributed by atoms with Gasteiger partial charge >= 0.3 is 19.5 Å². The van der Waals surface area contributed by atoms with Crippen LogP contribution in [0.4, 0.5) is 0 Å². The Morgan fingerprint density at radius 3 is 0.494 bits per heavy atom. The maximum Gasteiger partial charge on any atom is 4.00 e. The third kappa shape index (κ3) is 102. The van der Waals surface area contributed by atoms with Crippen molar-refractivity contribution in [2.24, 2.45) is 0 Å². The van der Waals surface area contributed by atoms with E-state index < -0.39 is 23.9 Å². The molecule has 0 aromatic rings. The monoisotopic (exact) mass is 1220 g/mol. The van der Waals surface area contributed by atoms with E-state index in [1.165, 1.54) is 154 Å². The van der Waals surface area contributed by atoms with Crippen molar-refractivity contribution < 1.29 is 59.1 Å². The van der Waals surface area contributed by atoms with E-state index in [1.807, 2.05) is 0 Å². The molecule has 468 valence electrons. The van der Waals surface area contributed by atoms with E-state index in [2.05, 4.69) is 125 Å². The fourth-order valence-corrected chi connectivity index (χ4v) is 8.32. The Kier molecular flexibility index (Phi) is 88.2. The molecule has 0 aliphatic rings. The summed E-state index contributed by atoms with van der Waals surface area (Å²) in [6, 6.07) is 0. The number of carboxylic acid groups (broad SMARTS) is 4. The zero-order valence-corrected chi connectivity index (χ0v) is 54.5. The quantitative estimate of drug-likeness (QED) is 0.0330. The summed E-state index contributed by atoms with van der Waals surface area (Å²) in [5, 5.41) is 40.8. The molecule has 0 bridgehead atoms. The van der Waals surface area contributed by atoms with Gasteiger partial charge in [0.2, 0.25) is 0 Å². The molecule has 0 aliphatic carbocycles. The molecule has 0 amide bonds. The minimum Gasteiger partial charge on any atom is -0.550 e. The Labute approximate surface area is 513 Å². The van der Waals surface area contributed by atoms with Crippen LogP contribution in [0.1, 0.15) is 336 Å². The van der Waals surface area contributed by atoms with E-state index in [0.29, 0.717) is 0 Å². The largest absolute Gasteiger partial charge is 4.00 e. The first kappa shape index (κ1) is 86.2. The minimum absolute atomic E-state index is 0. The molecule has 8 nitrogen and oxygen atoms in total. The van der Waals surface area contributed by atoms with Crippen LogP contribution in [0.25, 0.3) is 0 Å². The first-order valence-corrected chi connectivity index (χ1v) is 33.1. The standard InChI is InChI=1S/4C18H32O2.Ru/c4*1-2-3-4-5-6-7-8-9-10-11-12-13-14-15-16-17-18(19)20;/h4*6-7,9-10H,2-5,8,11-17H2,1H3,(H,19,20);/q;;;;+4/p-4/b4*7-6-,10-9-;. The number of allylic oxidation sites excluding steroid dienone is 16. The fourth-order valence-electron chi connectivity index (χ4n) is 8.32. The Balaban J connectivity index is -0.000000316. The summed E-state index contributed by atoms with van der Waals surface area (Å²) in [6.07, 6.45) is 87.8. The molecule has 0 fully saturated rings. The van der Waals surface area contributed by atoms with Crippen molar-refractivity contribution in [3.8, 4) is 0 Å². The maximum absolute atomic E-state index is 10.2. The molecule has 0 saturated heterocycles. The smallest absolute Gasteiger partial charge is 0.550 e. The number of aliphatic carboxylic acids is 4. The van der Waals surface area contributed by atoms with Gasteiger partial charge in [0, 0.05) is 23.9 Å². The van der Waals surface area contributed by atoms with Crippen LogP contribution in [0.15, 0.2) is 97.2 Å². The predicted octanol–water partition coefficient (Wildman–Crippen LogP) is 18.2. The summed E-state index contributed by atoms with van der Waals surface area (Å²) >= 11 is 0. The van der Waals surface area contributed by atoms with E-state index in [-0.39, 0.29) is 45.2 Å². The number of carbonyl (C=O) groups excluding carboxylic acids is 4. The van der Waals surface area contributed by atoms with Crippen molar-refractivity contribution in [1.82, 2.24) is 0 Å². The van der Waals surface area contributed by atoms with Gasteiger partial charge in [-0.3, -0.25) is 0 Å². The SMILES string of the molecule is CCCCC/C=C\C/C=C\CCCCCCCC(=O)[O-].CCCCC/C=C\C/C=C\CCCCCCCC(=O)[O-].CCCCC/C=C\C/C=C\CCCCCCCC(=O)[O-].CCCCC/C=C\C/C=C\CCCCCCCC(=O)[O-].[Ru+4]. The minimum atomic E-state index is -0.921. The van der Waals surface area contributed by atoms with Gasteiger partial charge in [-0.2, -0.15) is 0 Å². The Bertz CT molecular complexity index is 1300. The van der Waals surface area contributed by atoms with Crippen LogP contribution in [-0.2, 0) is 38.7 Å². The van der Waals surface area contributed by atoms with Gasteiger partial charge in [0.1, 0.15) is 0 Å². The van der Waals surface area contributed by atoms with E-state index >= 15 is 0 Å². The van der Waals surface area contributed by atoms with Gasteiger partial charge in [0.25, 0.3) is 0 Å². The number of hydrogen-bond donors (Lipinski definition) is 0. The normalized spacial score (nSPS) is 11.5. The van der Waals surface area contributed by atoms with E-state index in [1.54, 1.807) is 0 Å². The number of carboxylic acids is 4. The first-order valence-electron chi connectivity index (χ1n) is 33.1. The van der Waals surface area contributed by atoms with Crippen LogP contribution in [0, 0.1) is 0 Å². The average Bonchev–Trinajstić information content (AvgIpc) is 3.43. The molecule has 0 aliphatic heterocycles. The van der Waals surface area contributed by atoms with Gasteiger partial charge in [0.15, 0.2) is 0 Å². The van der Waals surface area contributed by atoms with E-state index in [4.69, 9.17) is 0 Å². The van der Waals surface area contributed by atoms with Crippen molar-refractivity contribution in [3.05, 3.63) is 97.2 Å². The second kappa shape index (κ2) is 82.9. The number of hydrogen-bond acceptors (Lipinski definition) is 8. The van der Waals surface area contributed by atoms with Crippen molar-refractivity contribution in [2.45, 2.75) is 336 Å². The third-order valence-electron chi connectivity index (χ3n) is 13.3. The van der Waals surface area contributed by atoms with Gasteiger partial charge in [-0.25, -0.2) is 0 Å².